The molecule has 1 aliphatic heterocycles. The molecule has 1 aliphatic rings. The summed E-state index contributed by atoms with van der Waals surface area (Å²) < 4.78 is 33.8. The molecule has 1 heterocycles. The Bertz CT molecular complexity index is 1180. The normalized spacial score (nSPS) is 16.7. The lowest BCUT2D eigenvalue weighted by Gasteiger charge is -2.35. The monoisotopic (exact) mass is 436 g/mol. The molecule has 6 nitrogen and oxygen atoms in total. The molecule has 1 N–H and O–H groups in total. The van der Waals surface area contributed by atoms with E-state index < -0.39 is 16.1 Å². The average molecular weight is 437 g/mol. The number of ether oxygens (including phenoxy) is 1. The first-order chi connectivity index (χ1) is 14.9. The van der Waals surface area contributed by atoms with Crippen molar-refractivity contribution in [3.8, 4) is 5.75 Å². The maximum atomic E-state index is 13.3. The van der Waals surface area contributed by atoms with Crippen LogP contribution in [0.2, 0.25) is 0 Å². The van der Waals surface area contributed by atoms with E-state index in [1.54, 1.807) is 54.6 Å². The number of hydrogen-bond donors (Lipinski definition) is 1. The highest BCUT2D eigenvalue weighted by molar-refractivity contribution is 7.92. The van der Waals surface area contributed by atoms with Gasteiger partial charge in [-0.3, -0.25) is 9.10 Å². The Balaban J connectivity index is 1.60. The van der Waals surface area contributed by atoms with Gasteiger partial charge in [-0.1, -0.05) is 60.2 Å². The first kappa shape index (κ1) is 20.9. The number of para-hydroxylation sites is 2. The third-order valence-corrected chi connectivity index (χ3v) is 7.09. The zero-order chi connectivity index (χ0) is 22.0. The minimum Gasteiger partial charge on any atom is -0.476 e. The van der Waals surface area contributed by atoms with Crippen molar-refractivity contribution in [3.63, 3.8) is 0 Å². The highest BCUT2D eigenvalue weighted by atomic mass is 32.2. The van der Waals surface area contributed by atoms with Gasteiger partial charge in [0.2, 0.25) is 0 Å². The molecule has 0 fully saturated rings. The number of anilines is 1. The predicted octanol–water partition coefficient (Wildman–Crippen LogP) is 3.83. The molecule has 7 heteroatoms. The van der Waals surface area contributed by atoms with Crippen LogP contribution < -0.4 is 14.4 Å². The molecule has 0 aliphatic carbocycles. The second-order valence-corrected chi connectivity index (χ2v) is 9.43. The quantitative estimate of drug-likeness (QED) is 0.660. The summed E-state index contributed by atoms with van der Waals surface area (Å²) in [5.41, 5.74) is 2.52. The summed E-state index contributed by atoms with van der Waals surface area (Å²) in [7, 11) is -3.85. The van der Waals surface area contributed by atoms with Crippen molar-refractivity contribution in [2.24, 2.45) is 0 Å². The fourth-order valence-corrected chi connectivity index (χ4v) is 5.03. The Morgan fingerprint density at radius 2 is 1.65 bits per heavy atom. The van der Waals surface area contributed by atoms with Crippen molar-refractivity contribution in [3.05, 3.63) is 90.0 Å². The highest BCUT2D eigenvalue weighted by Gasteiger charge is 2.37. The van der Waals surface area contributed by atoms with Crippen LogP contribution >= 0.6 is 0 Å². The number of hydrogen-bond acceptors (Lipinski definition) is 4. The molecule has 3 aromatic rings. The van der Waals surface area contributed by atoms with Gasteiger partial charge in [-0.25, -0.2) is 8.42 Å². The number of carbonyl (C=O) groups is 1. The van der Waals surface area contributed by atoms with Crippen LogP contribution in [0.4, 0.5) is 5.69 Å². The largest absolute Gasteiger partial charge is 0.476 e. The fraction of sp³-hybridized carbons (Fsp3) is 0.208. The molecule has 0 radical (unpaired) electrons. The van der Waals surface area contributed by atoms with Gasteiger partial charge in [0.25, 0.3) is 15.9 Å². The molecule has 2 atom stereocenters. The summed E-state index contributed by atoms with van der Waals surface area (Å²) in [4.78, 5) is 13.2. The summed E-state index contributed by atoms with van der Waals surface area (Å²) in [6.07, 6.45) is -0.971. The van der Waals surface area contributed by atoms with Crippen LogP contribution in [0.3, 0.4) is 0 Å². The van der Waals surface area contributed by atoms with E-state index in [-0.39, 0.29) is 23.4 Å². The molecule has 2 unspecified atom stereocenters. The van der Waals surface area contributed by atoms with Crippen molar-refractivity contribution in [2.45, 2.75) is 30.9 Å². The van der Waals surface area contributed by atoms with E-state index in [1.807, 2.05) is 38.1 Å². The number of fused-ring (bicyclic) bond motifs is 1. The summed E-state index contributed by atoms with van der Waals surface area (Å²) >= 11 is 0. The van der Waals surface area contributed by atoms with Crippen molar-refractivity contribution >= 4 is 21.6 Å². The SMILES string of the molecule is Cc1ccc(C(C)NC(=O)C2CN(S(=O)(=O)c3ccccc3)c3ccccc3O2)cc1. The number of sulfonamides is 1. The second kappa shape index (κ2) is 8.43. The van der Waals surface area contributed by atoms with Gasteiger partial charge in [0, 0.05) is 0 Å². The van der Waals surface area contributed by atoms with Gasteiger partial charge in [0.15, 0.2) is 6.10 Å². The summed E-state index contributed by atoms with van der Waals surface area (Å²) in [5.74, 6) is -0.00719. The zero-order valence-electron chi connectivity index (χ0n) is 17.4. The summed E-state index contributed by atoms with van der Waals surface area (Å²) in [6, 6.07) is 22.7. The maximum Gasteiger partial charge on any atom is 0.264 e. The number of nitrogens with zero attached hydrogens (tertiary/aromatic N) is 1. The van der Waals surface area contributed by atoms with Gasteiger partial charge in [-0.15, -0.1) is 0 Å². The van der Waals surface area contributed by atoms with Crippen LogP contribution in [-0.2, 0) is 14.8 Å². The topological polar surface area (TPSA) is 75.7 Å². The molecular weight excluding hydrogens is 412 g/mol. The molecule has 0 saturated heterocycles. The lowest BCUT2D eigenvalue weighted by molar-refractivity contribution is -0.128. The third-order valence-electron chi connectivity index (χ3n) is 5.29. The molecule has 31 heavy (non-hydrogen) atoms. The van der Waals surface area contributed by atoms with Gasteiger partial charge in [0.1, 0.15) is 5.75 Å². The van der Waals surface area contributed by atoms with Gasteiger partial charge in [0.05, 0.1) is 23.2 Å². The van der Waals surface area contributed by atoms with E-state index >= 15 is 0 Å². The Morgan fingerprint density at radius 3 is 2.35 bits per heavy atom. The maximum absolute atomic E-state index is 13.3. The van der Waals surface area contributed by atoms with Crippen LogP contribution in [0.1, 0.15) is 24.1 Å². The van der Waals surface area contributed by atoms with Gasteiger partial charge < -0.3 is 10.1 Å². The Labute approximate surface area is 182 Å². The second-order valence-electron chi connectivity index (χ2n) is 7.56. The van der Waals surface area contributed by atoms with Gasteiger partial charge in [-0.05, 0) is 43.7 Å². The van der Waals surface area contributed by atoms with Crippen LogP contribution in [-0.4, -0.2) is 27.0 Å². The van der Waals surface area contributed by atoms with E-state index in [1.165, 1.54) is 4.31 Å². The number of benzene rings is 3. The number of carbonyl (C=O) groups excluding carboxylic acids is 1. The Kier molecular flexibility index (Phi) is 5.69. The van der Waals surface area contributed by atoms with Crippen LogP contribution in [0.15, 0.2) is 83.8 Å². The minimum absolute atomic E-state index is 0.110. The standard InChI is InChI=1S/C24H24N2O4S/c1-17-12-14-19(15-13-17)18(2)25-24(27)23-16-26(21-10-6-7-11-22(21)30-23)31(28,29)20-8-4-3-5-9-20/h3-15,18,23H,16H2,1-2H3,(H,25,27). The van der Waals surface area contributed by atoms with Gasteiger partial charge >= 0.3 is 0 Å². The predicted molar refractivity (Wildman–Crippen MR) is 120 cm³/mol. The zero-order valence-corrected chi connectivity index (χ0v) is 18.2. The van der Waals surface area contributed by atoms with Crippen LogP contribution in [0.5, 0.6) is 5.75 Å². The van der Waals surface area contributed by atoms with E-state index in [0.29, 0.717) is 11.4 Å². The molecule has 0 aromatic heterocycles. The average Bonchev–Trinajstić information content (AvgIpc) is 2.79. The van der Waals surface area contributed by atoms with Crippen molar-refractivity contribution in [1.29, 1.82) is 0 Å². The van der Waals surface area contributed by atoms with Crippen molar-refractivity contribution in [1.82, 2.24) is 5.32 Å². The van der Waals surface area contributed by atoms with Crippen LogP contribution in [0, 0.1) is 6.92 Å². The first-order valence-corrected chi connectivity index (χ1v) is 11.5. The molecule has 1 amide bonds. The molecule has 3 aromatic carbocycles. The Morgan fingerprint density at radius 1 is 1.00 bits per heavy atom. The number of rotatable bonds is 5. The van der Waals surface area contributed by atoms with E-state index in [0.717, 1.165) is 11.1 Å². The molecule has 160 valence electrons. The van der Waals surface area contributed by atoms with Crippen LogP contribution in [0.25, 0.3) is 0 Å². The van der Waals surface area contributed by atoms with Crippen molar-refractivity contribution < 1.29 is 17.9 Å². The van der Waals surface area contributed by atoms with E-state index in [4.69, 9.17) is 4.74 Å². The van der Waals surface area contributed by atoms with E-state index in [9.17, 15) is 13.2 Å². The first-order valence-electron chi connectivity index (χ1n) is 10.1. The molecular formula is C24H24N2O4S. The molecule has 0 spiro atoms. The fourth-order valence-electron chi connectivity index (χ4n) is 3.53. The molecule has 0 saturated carbocycles. The summed E-state index contributed by atoms with van der Waals surface area (Å²) in [5, 5.41) is 2.94. The number of nitrogens with one attached hydrogen (secondary N) is 1. The molecule has 4 rings (SSSR count). The lowest BCUT2D eigenvalue weighted by Crippen LogP contribution is -2.51. The number of aryl methyl sites for hydroxylation is 1. The highest BCUT2D eigenvalue weighted by Crippen LogP contribution is 2.36. The smallest absolute Gasteiger partial charge is 0.264 e. The summed E-state index contributed by atoms with van der Waals surface area (Å²) in [6.45, 7) is 3.78. The molecule has 0 bridgehead atoms. The number of amides is 1. The lowest BCUT2D eigenvalue weighted by atomic mass is 10.1. The van der Waals surface area contributed by atoms with E-state index in [2.05, 4.69) is 5.32 Å². The van der Waals surface area contributed by atoms with Gasteiger partial charge in [-0.2, -0.15) is 0 Å². The third kappa shape index (κ3) is 4.27. The Hall–Kier alpha value is -3.32. The minimum atomic E-state index is -3.85. The van der Waals surface area contributed by atoms with Crippen molar-refractivity contribution in [2.75, 3.05) is 10.8 Å².